The molecule has 0 saturated carbocycles. The molecule has 1 aliphatic rings. The monoisotopic (exact) mass is 350 g/mol. The number of aromatic nitrogens is 4. The van der Waals surface area contributed by atoms with Gasteiger partial charge in [-0.05, 0) is 5.92 Å². The second kappa shape index (κ2) is 6.56. The van der Waals surface area contributed by atoms with Crippen LogP contribution in [0, 0.1) is 5.92 Å². The summed E-state index contributed by atoms with van der Waals surface area (Å²) in [6.07, 6.45) is 1.76. The number of likely N-dealkylation sites (tertiary alicyclic amines) is 1. The van der Waals surface area contributed by atoms with E-state index in [-0.39, 0.29) is 24.2 Å². The van der Waals surface area contributed by atoms with Gasteiger partial charge in [0.15, 0.2) is 5.13 Å². The maximum absolute atomic E-state index is 12.6. The molecule has 3 heterocycles. The first kappa shape index (κ1) is 16.4. The second-order valence-electron chi connectivity index (χ2n) is 5.78. The predicted molar refractivity (Wildman–Crippen MR) is 87.1 cm³/mol. The van der Waals surface area contributed by atoms with Crippen LogP contribution in [-0.4, -0.2) is 62.0 Å². The third-order valence-corrected chi connectivity index (χ3v) is 4.96. The van der Waals surface area contributed by atoms with Gasteiger partial charge in [0, 0.05) is 44.7 Å². The Hall–Kier alpha value is -2.49. The number of nitrogens with zero attached hydrogens (tertiary/aromatic N) is 5. The zero-order valence-corrected chi connectivity index (χ0v) is 14.2. The molecular weight excluding hydrogens is 332 g/mol. The maximum Gasteiger partial charge on any atom is 0.303 e. The molecule has 0 unspecified atom stereocenters. The zero-order chi connectivity index (χ0) is 17.3. The fraction of sp³-hybridized carbons (Fsp3) is 0.500. The van der Waals surface area contributed by atoms with E-state index in [1.54, 1.807) is 35.3 Å². The molecule has 2 aromatic rings. The van der Waals surface area contributed by atoms with Crippen LogP contribution in [0.2, 0.25) is 0 Å². The molecule has 10 heteroatoms. The highest BCUT2D eigenvalue weighted by Gasteiger charge is 2.39. The average Bonchev–Trinajstić information content (AvgIpc) is 3.25. The number of carboxylic acid groups (broad SMARTS) is 1. The highest BCUT2D eigenvalue weighted by Crippen LogP contribution is 2.34. The van der Waals surface area contributed by atoms with Crippen LogP contribution in [0.15, 0.2) is 11.6 Å². The van der Waals surface area contributed by atoms with Gasteiger partial charge in [-0.25, -0.2) is 4.98 Å². The summed E-state index contributed by atoms with van der Waals surface area (Å²) < 4.78 is 1.58. The quantitative estimate of drug-likeness (QED) is 0.813. The van der Waals surface area contributed by atoms with E-state index in [1.165, 1.54) is 11.3 Å². The summed E-state index contributed by atoms with van der Waals surface area (Å²) in [6.45, 7) is 0.792. The number of carbonyl (C=O) groups excluding carboxylic acids is 1. The normalized spacial score (nSPS) is 20.3. The van der Waals surface area contributed by atoms with Crippen molar-refractivity contribution in [3.8, 4) is 0 Å². The molecule has 128 valence electrons. The molecule has 1 saturated heterocycles. The molecule has 1 fully saturated rings. The third kappa shape index (κ3) is 3.23. The molecule has 0 radical (unpaired) electrons. The standard InChI is InChI=1S/C14H18N6O3S/c1-15-14-16-11(7-24-14)13(23)20-4-8(3-12(21)22)9(5-20)10-6-19(2)18-17-10/h6-9H,3-5H2,1-2H3,(H,15,16)(H,21,22)/t8-,9+/m0/s1. The third-order valence-electron chi connectivity index (χ3n) is 4.10. The van der Waals surface area contributed by atoms with Gasteiger partial charge in [0.05, 0.1) is 12.1 Å². The van der Waals surface area contributed by atoms with Crippen molar-refractivity contribution in [3.05, 3.63) is 23.0 Å². The number of aliphatic carboxylic acids is 1. The van der Waals surface area contributed by atoms with Crippen molar-refractivity contribution in [2.75, 3.05) is 25.5 Å². The first-order valence-corrected chi connectivity index (χ1v) is 8.36. The minimum absolute atomic E-state index is 0.0101. The van der Waals surface area contributed by atoms with Gasteiger partial charge in [0.1, 0.15) is 5.69 Å². The Labute approximate surface area is 142 Å². The summed E-state index contributed by atoms with van der Waals surface area (Å²) in [5.74, 6) is -1.39. The van der Waals surface area contributed by atoms with E-state index in [9.17, 15) is 9.59 Å². The van der Waals surface area contributed by atoms with Crippen LogP contribution in [0.25, 0.3) is 0 Å². The molecular formula is C14H18N6O3S. The Bertz CT molecular complexity index is 757. The molecule has 2 N–H and O–H groups in total. The molecule has 9 nitrogen and oxygen atoms in total. The van der Waals surface area contributed by atoms with E-state index in [1.807, 2.05) is 0 Å². The number of thiazole rings is 1. The number of carboxylic acids is 1. The number of anilines is 1. The number of amides is 1. The van der Waals surface area contributed by atoms with Gasteiger partial charge in [-0.15, -0.1) is 16.4 Å². The Kier molecular flexibility index (Phi) is 4.47. The summed E-state index contributed by atoms with van der Waals surface area (Å²) in [6, 6.07) is 0. The van der Waals surface area contributed by atoms with Crippen LogP contribution < -0.4 is 5.32 Å². The van der Waals surface area contributed by atoms with Crippen molar-refractivity contribution in [1.29, 1.82) is 0 Å². The number of rotatable bonds is 5. The smallest absolute Gasteiger partial charge is 0.303 e. The highest BCUT2D eigenvalue weighted by molar-refractivity contribution is 7.13. The Morgan fingerprint density at radius 3 is 2.83 bits per heavy atom. The minimum Gasteiger partial charge on any atom is -0.481 e. The molecule has 1 aliphatic heterocycles. The van der Waals surface area contributed by atoms with Crippen LogP contribution in [0.3, 0.4) is 0 Å². The van der Waals surface area contributed by atoms with Crippen molar-refractivity contribution < 1.29 is 14.7 Å². The Balaban J connectivity index is 1.80. The topological polar surface area (TPSA) is 113 Å². The fourth-order valence-electron chi connectivity index (χ4n) is 2.99. The first-order valence-electron chi connectivity index (χ1n) is 7.48. The van der Waals surface area contributed by atoms with Crippen LogP contribution in [0.4, 0.5) is 5.13 Å². The van der Waals surface area contributed by atoms with Gasteiger partial charge in [0.2, 0.25) is 0 Å². The summed E-state index contributed by atoms with van der Waals surface area (Å²) in [7, 11) is 3.51. The minimum atomic E-state index is -0.880. The molecule has 0 bridgehead atoms. The molecule has 0 aliphatic carbocycles. The fourth-order valence-corrected chi connectivity index (χ4v) is 3.63. The summed E-state index contributed by atoms with van der Waals surface area (Å²) in [5.41, 5.74) is 1.09. The van der Waals surface area contributed by atoms with Crippen LogP contribution >= 0.6 is 11.3 Å². The second-order valence-corrected chi connectivity index (χ2v) is 6.64. The average molecular weight is 350 g/mol. The van der Waals surface area contributed by atoms with E-state index in [4.69, 9.17) is 5.11 Å². The lowest BCUT2D eigenvalue weighted by Gasteiger charge is -2.14. The number of hydrogen-bond acceptors (Lipinski definition) is 7. The number of aryl methyl sites for hydroxylation is 1. The predicted octanol–water partition coefficient (Wildman–Crippen LogP) is 0.644. The highest BCUT2D eigenvalue weighted by atomic mass is 32.1. The van der Waals surface area contributed by atoms with Gasteiger partial charge in [-0.1, -0.05) is 5.21 Å². The van der Waals surface area contributed by atoms with Crippen molar-refractivity contribution >= 4 is 28.3 Å². The lowest BCUT2D eigenvalue weighted by molar-refractivity contribution is -0.138. The molecule has 2 atom stereocenters. The van der Waals surface area contributed by atoms with E-state index < -0.39 is 5.97 Å². The Morgan fingerprint density at radius 2 is 2.25 bits per heavy atom. The lowest BCUT2D eigenvalue weighted by atomic mass is 9.91. The largest absolute Gasteiger partial charge is 0.481 e. The summed E-state index contributed by atoms with van der Waals surface area (Å²) in [5, 5.41) is 22.4. The molecule has 0 spiro atoms. The molecule has 24 heavy (non-hydrogen) atoms. The van der Waals surface area contributed by atoms with E-state index in [0.29, 0.717) is 29.6 Å². The van der Waals surface area contributed by atoms with Crippen molar-refractivity contribution in [1.82, 2.24) is 24.9 Å². The van der Waals surface area contributed by atoms with Gasteiger partial charge in [-0.2, -0.15) is 0 Å². The van der Waals surface area contributed by atoms with Crippen molar-refractivity contribution in [2.45, 2.75) is 12.3 Å². The summed E-state index contributed by atoms with van der Waals surface area (Å²) >= 11 is 1.36. The lowest BCUT2D eigenvalue weighted by Crippen LogP contribution is -2.29. The molecule has 1 amide bonds. The van der Waals surface area contributed by atoms with E-state index in [0.717, 1.165) is 0 Å². The zero-order valence-electron chi connectivity index (χ0n) is 13.3. The SMILES string of the molecule is CNc1nc(C(=O)N2C[C@H](CC(=O)O)[C@H](c3cn(C)nn3)C2)cs1. The summed E-state index contributed by atoms with van der Waals surface area (Å²) in [4.78, 5) is 29.7. The van der Waals surface area contributed by atoms with Gasteiger partial charge < -0.3 is 15.3 Å². The van der Waals surface area contributed by atoms with Crippen LogP contribution in [0.1, 0.15) is 28.5 Å². The van der Waals surface area contributed by atoms with E-state index in [2.05, 4.69) is 20.6 Å². The molecule has 0 aromatic carbocycles. The van der Waals surface area contributed by atoms with Crippen molar-refractivity contribution in [3.63, 3.8) is 0 Å². The van der Waals surface area contributed by atoms with Crippen molar-refractivity contribution in [2.24, 2.45) is 13.0 Å². The van der Waals surface area contributed by atoms with Gasteiger partial charge in [0.25, 0.3) is 5.91 Å². The molecule has 3 rings (SSSR count). The van der Waals surface area contributed by atoms with E-state index >= 15 is 0 Å². The number of nitrogens with one attached hydrogen (secondary N) is 1. The van der Waals surface area contributed by atoms with Crippen LogP contribution in [0.5, 0.6) is 0 Å². The van der Waals surface area contributed by atoms with Gasteiger partial charge in [-0.3, -0.25) is 14.3 Å². The van der Waals surface area contributed by atoms with Crippen LogP contribution in [-0.2, 0) is 11.8 Å². The molecule has 2 aromatic heterocycles. The Morgan fingerprint density at radius 1 is 1.46 bits per heavy atom. The maximum atomic E-state index is 12.6. The first-order chi connectivity index (χ1) is 11.5. The number of hydrogen-bond donors (Lipinski definition) is 2. The van der Waals surface area contributed by atoms with Gasteiger partial charge >= 0.3 is 5.97 Å². The number of carbonyl (C=O) groups is 2.